The predicted molar refractivity (Wildman–Crippen MR) is 73.0 cm³/mol. The van der Waals surface area contributed by atoms with E-state index in [9.17, 15) is 4.79 Å². The zero-order valence-electron chi connectivity index (χ0n) is 11.1. The lowest BCUT2D eigenvalue weighted by Gasteiger charge is -2.21. The lowest BCUT2D eigenvalue weighted by molar-refractivity contribution is 0.112. The van der Waals surface area contributed by atoms with Gasteiger partial charge < -0.3 is 0 Å². The molecule has 1 saturated carbocycles. The molecule has 0 aliphatic heterocycles. The van der Waals surface area contributed by atoms with Crippen molar-refractivity contribution in [3.8, 4) is 0 Å². The Kier molecular flexibility index (Phi) is 4.34. The van der Waals surface area contributed by atoms with Crippen molar-refractivity contribution in [2.45, 2.75) is 57.4 Å². The van der Waals surface area contributed by atoms with Crippen LogP contribution >= 0.6 is 0 Å². The highest BCUT2D eigenvalue weighted by Crippen LogP contribution is 2.29. The molecule has 1 aliphatic carbocycles. The van der Waals surface area contributed by atoms with Crippen molar-refractivity contribution in [2.24, 2.45) is 0 Å². The molecule has 1 aromatic rings. The maximum atomic E-state index is 11.2. The summed E-state index contributed by atoms with van der Waals surface area (Å²) < 4.78 is 2.03. The van der Waals surface area contributed by atoms with Crippen molar-refractivity contribution in [2.75, 3.05) is 0 Å². The van der Waals surface area contributed by atoms with Gasteiger partial charge in [0.05, 0.1) is 17.3 Å². The average Bonchev–Trinajstić information content (AvgIpc) is 2.84. The molecule has 18 heavy (non-hydrogen) atoms. The molecule has 98 valence electrons. The predicted octanol–water partition coefficient (Wildman–Crippen LogP) is 3.88. The van der Waals surface area contributed by atoms with Crippen LogP contribution in [-0.2, 0) is 0 Å². The van der Waals surface area contributed by atoms with E-state index in [0.717, 1.165) is 24.0 Å². The number of rotatable bonds is 5. The van der Waals surface area contributed by atoms with Crippen LogP contribution in [0, 0.1) is 0 Å². The number of carbonyl (C=O) groups excluding carboxylic acids is 1. The number of nitrogens with zero attached hydrogens (tertiary/aromatic N) is 2. The Morgan fingerprint density at radius 1 is 1.50 bits per heavy atom. The van der Waals surface area contributed by atoms with Gasteiger partial charge >= 0.3 is 0 Å². The highest BCUT2D eigenvalue weighted by atomic mass is 16.1. The van der Waals surface area contributed by atoms with Crippen LogP contribution < -0.4 is 0 Å². The van der Waals surface area contributed by atoms with Crippen molar-refractivity contribution in [1.82, 2.24) is 9.78 Å². The second-order valence-corrected chi connectivity index (χ2v) is 5.28. The van der Waals surface area contributed by atoms with E-state index in [1.807, 2.05) is 17.0 Å². The average molecular weight is 246 g/mol. The maximum Gasteiger partial charge on any atom is 0.153 e. The number of aromatic nitrogens is 2. The van der Waals surface area contributed by atoms with Crippen molar-refractivity contribution in [3.63, 3.8) is 0 Å². The minimum Gasteiger partial charge on any atom is -0.298 e. The Morgan fingerprint density at radius 2 is 2.22 bits per heavy atom. The molecule has 1 heterocycles. The van der Waals surface area contributed by atoms with Crippen molar-refractivity contribution < 1.29 is 4.79 Å². The lowest BCUT2D eigenvalue weighted by Crippen LogP contribution is -2.13. The van der Waals surface area contributed by atoms with Gasteiger partial charge in [0.15, 0.2) is 6.29 Å². The van der Waals surface area contributed by atoms with E-state index in [4.69, 9.17) is 0 Å². The van der Waals surface area contributed by atoms with Gasteiger partial charge in [-0.1, -0.05) is 32.3 Å². The molecule has 0 radical (unpaired) electrons. The molecule has 1 aliphatic rings. The fourth-order valence-electron chi connectivity index (χ4n) is 2.79. The third-order valence-electron chi connectivity index (χ3n) is 3.85. The second-order valence-electron chi connectivity index (χ2n) is 5.28. The van der Waals surface area contributed by atoms with Gasteiger partial charge in [-0.25, -0.2) is 0 Å². The number of hydrogen-bond acceptors (Lipinski definition) is 2. The Morgan fingerprint density at radius 3 is 2.83 bits per heavy atom. The molecule has 1 aromatic heterocycles. The van der Waals surface area contributed by atoms with Gasteiger partial charge in [-0.05, 0) is 19.3 Å². The molecular weight excluding hydrogens is 224 g/mol. The fraction of sp³-hybridized carbons (Fsp3) is 0.600. The first-order valence-electron chi connectivity index (χ1n) is 6.91. The van der Waals surface area contributed by atoms with E-state index in [-0.39, 0.29) is 5.92 Å². The summed E-state index contributed by atoms with van der Waals surface area (Å²) in [5.74, 6) is 0.271. The number of carbonyl (C=O) groups is 1. The Bertz CT molecular complexity index is 416. The number of hydrogen-bond donors (Lipinski definition) is 0. The molecule has 3 heteroatoms. The Balaban J connectivity index is 2.22. The van der Waals surface area contributed by atoms with Crippen molar-refractivity contribution >= 4 is 6.29 Å². The van der Waals surface area contributed by atoms with Gasteiger partial charge in [0.2, 0.25) is 0 Å². The van der Waals surface area contributed by atoms with E-state index < -0.39 is 0 Å². The summed E-state index contributed by atoms with van der Waals surface area (Å²) in [7, 11) is 0. The normalized spacial score (nSPS) is 18.5. The van der Waals surface area contributed by atoms with E-state index >= 15 is 0 Å². The molecule has 2 rings (SSSR count). The molecule has 0 spiro atoms. The monoisotopic (exact) mass is 246 g/mol. The third-order valence-corrected chi connectivity index (χ3v) is 3.85. The summed E-state index contributed by atoms with van der Waals surface area (Å²) in [5.41, 5.74) is 1.67. The smallest absolute Gasteiger partial charge is 0.153 e. The molecule has 1 atom stereocenters. The minimum absolute atomic E-state index is 0.271. The first-order valence-corrected chi connectivity index (χ1v) is 6.91. The van der Waals surface area contributed by atoms with Crippen LogP contribution in [0.15, 0.2) is 18.9 Å². The highest BCUT2D eigenvalue weighted by Gasteiger charge is 2.20. The SMILES string of the molecule is C=CCC(C)c1nn(C2CCCCC2)cc1C=O. The second kappa shape index (κ2) is 5.98. The molecule has 0 N–H and O–H groups in total. The summed E-state index contributed by atoms with van der Waals surface area (Å²) in [6.07, 6.45) is 11.9. The van der Waals surface area contributed by atoms with Gasteiger partial charge in [-0.2, -0.15) is 5.10 Å². The molecule has 0 saturated heterocycles. The van der Waals surface area contributed by atoms with E-state index in [2.05, 4.69) is 18.6 Å². The summed E-state index contributed by atoms with van der Waals surface area (Å²) in [6.45, 7) is 5.85. The molecule has 1 unspecified atom stereocenters. The number of aldehydes is 1. The lowest BCUT2D eigenvalue weighted by atomic mass is 9.96. The largest absolute Gasteiger partial charge is 0.298 e. The van der Waals surface area contributed by atoms with Crippen LogP contribution in [0.2, 0.25) is 0 Å². The molecule has 0 aromatic carbocycles. The van der Waals surface area contributed by atoms with E-state index in [0.29, 0.717) is 6.04 Å². The summed E-state index contributed by atoms with van der Waals surface area (Å²) in [4.78, 5) is 11.2. The molecule has 1 fully saturated rings. The fourth-order valence-corrected chi connectivity index (χ4v) is 2.79. The zero-order chi connectivity index (χ0) is 13.0. The first kappa shape index (κ1) is 13.1. The molecule has 0 amide bonds. The van der Waals surface area contributed by atoms with Crippen LogP contribution in [0.25, 0.3) is 0 Å². The van der Waals surface area contributed by atoms with Crippen LogP contribution in [0.4, 0.5) is 0 Å². The van der Waals surface area contributed by atoms with Crippen molar-refractivity contribution in [1.29, 1.82) is 0 Å². The zero-order valence-corrected chi connectivity index (χ0v) is 11.1. The first-order chi connectivity index (χ1) is 8.76. The maximum absolute atomic E-state index is 11.2. The minimum atomic E-state index is 0.271. The Labute approximate surface area is 109 Å². The number of allylic oxidation sites excluding steroid dienone is 1. The van der Waals surface area contributed by atoms with Crippen LogP contribution in [-0.4, -0.2) is 16.1 Å². The van der Waals surface area contributed by atoms with E-state index in [1.165, 1.54) is 32.1 Å². The summed E-state index contributed by atoms with van der Waals surface area (Å²) in [6, 6.07) is 0.488. The quantitative estimate of drug-likeness (QED) is 0.583. The highest BCUT2D eigenvalue weighted by molar-refractivity contribution is 5.76. The third kappa shape index (κ3) is 2.71. The topological polar surface area (TPSA) is 34.9 Å². The standard InChI is InChI=1S/C15H22N2O/c1-3-7-12(2)15-13(11-18)10-17(16-15)14-8-5-4-6-9-14/h3,10-12,14H,1,4-9H2,2H3. The van der Waals surface area contributed by atoms with Gasteiger partial charge in [0.25, 0.3) is 0 Å². The molecule has 0 bridgehead atoms. The summed E-state index contributed by atoms with van der Waals surface area (Å²) >= 11 is 0. The van der Waals surface area contributed by atoms with Gasteiger partial charge in [-0.15, -0.1) is 6.58 Å². The van der Waals surface area contributed by atoms with Crippen molar-refractivity contribution in [3.05, 3.63) is 30.1 Å². The molecular formula is C15H22N2O. The van der Waals surface area contributed by atoms with Gasteiger partial charge in [-0.3, -0.25) is 9.48 Å². The summed E-state index contributed by atoms with van der Waals surface area (Å²) in [5, 5.41) is 4.66. The molecule has 3 nitrogen and oxygen atoms in total. The van der Waals surface area contributed by atoms with Crippen LogP contribution in [0.1, 0.15) is 73.5 Å². The Hall–Kier alpha value is -1.38. The van der Waals surface area contributed by atoms with Crippen LogP contribution in [0.3, 0.4) is 0 Å². The van der Waals surface area contributed by atoms with Gasteiger partial charge in [0, 0.05) is 12.1 Å². The van der Waals surface area contributed by atoms with Gasteiger partial charge in [0.1, 0.15) is 0 Å². The van der Waals surface area contributed by atoms with Crippen LogP contribution in [0.5, 0.6) is 0 Å². The van der Waals surface area contributed by atoms with E-state index in [1.54, 1.807) is 0 Å².